The molecule has 2 aliphatic rings. The van der Waals surface area contributed by atoms with Crippen molar-refractivity contribution in [1.29, 1.82) is 0 Å². The number of nitrogens with zero attached hydrogens (tertiary/aromatic N) is 3. The average Bonchev–Trinajstić information content (AvgIpc) is 3.09. The van der Waals surface area contributed by atoms with Crippen LogP contribution in [0, 0.1) is 0 Å². The van der Waals surface area contributed by atoms with E-state index in [1.54, 1.807) is 12.4 Å². The third-order valence-corrected chi connectivity index (χ3v) is 3.76. The minimum atomic E-state index is 0.0357. The van der Waals surface area contributed by atoms with Crippen LogP contribution < -0.4 is 0 Å². The van der Waals surface area contributed by atoms with E-state index in [0.29, 0.717) is 5.56 Å². The summed E-state index contributed by atoms with van der Waals surface area (Å²) in [4.78, 5) is 22.2. The monoisotopic (exact) mass is 247 g/mol. The van der Waals surface area contributed by atoms with E-state index >= 15 is 0 Å². The Morgan fingerprint density at radius 2 is 2.11 bits per heavy atom. The van der Waals surface area contributed by atoms with Crippen molar-refractivity contribution in [1.82, 2.24) is 14.9 Å². The fraction of sp³-hybridized carbons (Fsp3) is 0.615. The van der Waals surface area contributed by atoms with Gasteiger partial charge < -0.3 is 9.64 Å². The van der Waals surface area contributed by atoms with Crippen molar-refractivity contribution in [2.75, 3.05) is 13.2 Å². The van der Waals surface area contributed by atoms with Crippen LogP contribution in [0.3, 0.4) is 0 Å². The molecule has 0 aliphatic carbocycles. The van der Waals surface area contributed by atoms with Crippen molar-refractivity contribution in [3.8, 4) is 0 Å². The van der Waals surface area contributed by atoms with Gasteiger partial charge in [0.25, 0.3) is 5.91 Å². The molecule has 2 atom stereocenters. The van der Waals surface area contributed by atoms with E-state index in [1.165, 1.54) is 6.33 Å². The van der Waals surface area contributed by atoms with Crippen LogP contribution in [0.25, 0.3) is 0 Å². The second-order valence-corrected chi connectivity index (χ2v) is 4.89. The zero-order valence-corrected chi connectivity index (χ0v) is 10.3. The van der Waals surface area contributed by atoms with Crippen molar-refractivity contribution < 1.29 is 9.53 Å². The van der Waals surface area contributed by atoms with Crippen LogP contribution >= 0.6 is 0 Å². The third kappa shape index (κ3) is 2.10. The number of ether oxygens (including phenoxy) is 1. The van der Waals surface area contributed by atoms with E-state index in [-0.39, 0.29) is 18.1 Å². The molecular formula is C13H17N3O2. The molecule has 0 spiro atoms. The van der Waals surface area contributed by atoms with Gasteiger partial charge in [-0.25, -0.2) is 9.97 Å². The molecule has 1 aromatic heterocycles. The molecule has 0 saturated carbocycles. The number of carbonyl (C=O) groups excluding carboxylic acids is 1. The maximum absolute atomic E-state index is 12.4. The summed E-state index contributed by atoms with van der Waals surface area (Å²) >= 11 is 0. The lowest BCUT2D eigenvalue weighted by Gasteiger charge is -2.28. The number of aromatic nitrogens is 2. The highest BCUT2D eigenvalue weighted by Crippen LogP contribution is 2.28. The lowest BCUT2D eigenvalue weighted by Crippen LogP contribution is -2.42. The van der Waals surface area contributed by atoms with E-state index in [1.807, 2.05) is 4.90 Å². The Morgan fingerprint density at radius 1 is 1.28 bits per heavy atom. The lowest BCUT2D eigenvalue weighted by atomic mass is 10.1. The van der Waals surface area contributed by atoms with Gasteiger partial charge in [-0.05, 0) is 25.7 Å². The summed E-state index contributed by atoms with van der Waals surface area (Å²) in [7, 11) is 0. The molecule has 0 radical (unpaired) electrons. The van der Waals surface area contributed by atoms with E-state index in [4.69, 9.17) is 4.74 Å². The Bertz CT molecular complexity index is 418. The van der Waals surface area contributed by atoms with Gasteiger partial charge in [0.1, 0.15) is 6.33 Å². The SMILES string of the molecule is O=C(c1cncnc1)N1CCCC1C1CCCO1. The highest BCUT2D eigenvalue weighted by atomic mass is 16.5. The zero-order chi connectivity index (χ0) is 12.4. The first-order chi connectivity index (χ1) is 8.86. The number of hydrogen-bond donors (Lipinski definition) is 0. The summed E-state index contributed by atoms with van der Waals surface area (Å²) in [6.07, 6.45) is 9.12. The van der Waals surface area contributed by atoms with Crippen LogP contribution in [0.4, 0.5) is 0 Å². The molecule has 2 saturated heterocycles. The van der Waals surface area contributed by atoms with Crippen LogP contribution in [0.1, 0.15) is 36.0 Å². The molecule has 3 heterocycles. The Hall–Kier alpha value is -1.49. The largest absolute Gasteiger partial charge is 0.376 e. The first-order valence-electron chi connectivity index (χ1n) is 6.54. The van der Waals surface area contributed by atoms with Crippen molar-refractivity contribution in [2.24, 2.45) is 0 Å². The van der Waals surface area contributed by atoms with Crippen LogP contribution in [-0.4, -0.2) is 46.1 Å². The predicted octanol–water partition coefficient (Wildman–Crippen LogP) is 1.26. The number of rotatable bonds is 2. The second kappa shape index (κ2) is 5.02. The second-order valence-electron chi connectivity index (χ2n) is 4.89. The molecule has 1 aromatic rings. The molecule has 5 heteroatoms. The molecule has 18 heavy (non-hydrogen) atoms. The topological polar surface area (TPSA) is 55.3 Å². The Labute approximate surface area is 106 Å². The predicted molar refractivity (Wildman–Crippen MR) is 65.1 cm³/mol. The highest BCUT2D eigenvalue weighted by molar-refractivity contribution is 5.94. The summed E-state index contributed by atoms with van der Waals surface area (Å²) in [6, 6.07) is 0.236. The first-order valence-corrected chi connectivity index (χ1v) is 6.54. The smallest absolute Gasteiger partial charge is 0.257 e. The highest BCUT2D eigenvalue weighted by Gasteiger charge is 2.37. The molecule has 3 rings (SSSR count). The molecule has 1 amide bonds. The number of carbonyl (C=O) groups is 1. The van der Waals surface area contributed by atoms with Crippen molar-refractivity contribution in [3.63, 3.8) is 0 Å². The normalized spacial score (nSPS) is 27.7. The molecule has 0 aromatic carbocycles. The van der Waals surface area contributed by atoms with Gasteiger partial charge in [0.2, 0.25) is 0 Å². The fourth-order valence-electron chi connectivity index (χ4n) is 2.91. The summed E-state index contributed by atoms with van der Waals surface area (Å²) < 4.78 is 5.73. The summed E-state index contributed by atoms with van der Waals surface area (Å²) in [5, 5.41) is 0. The van der Waals surface area contributed by atoms with Gasteiger partial charge in [0.15, 0.2) is 0 Å². The molecule has 0 N–H and O–H groups in total. The number of amides is 1. The molecule has 2 unspecified atom stereocenters. The Kier molecular flexibility index (Phi) is 3.23. The molecule has 96 valence electrons. The van der Waals surface area contributed by atoms with E-state index in [9.17, 15) is 4.79 Å². The number of hydrogen-bond acceptors (Lipinski definition) is 4. The van der Waals surface area contributed by atoms with E-state index in [0.717, 1.165) is 38.8 Å². The zero-order valence-electron chi connectivity index (χ0n) is 10.3. The van der Waals surface area contributed by atoms with Crippen LogP contribution in [0.15, 0.2) is 18.7 Å². The van der Waals surface area contributed by atoms with Crippen molar-refractivity contribution in [3.05, 3.63) is 24.3 Å². The summed E-state index contributed by atoms with van der Waals surface area (Å²) in [5.74, 6) is 0.0357. The van der Waals surface area contributed by atoms with Crippen LogP contribution in [0.2, 0.25) is 0 Å². The minimum absolute atomic E-state index is 0.0357. The standard InChI is InChI=1S/C13H17N3O2/c17-13(10-7-14-9-15-8-10)16-5-1-3-11(16)12-4-2-6-18-12/h7-9,11-12H,1-6H2. The minimum Gasteiger partial charge on any atom is -0.376 e. The van der Waals surface area contributed by atoms with Gasteiger partial charge in [-0.2, -0.15) is 0 Å². The summed E-state index contributed by atoms with van der Waals surface area (Å²) in [6.45, 7) is 1.65. The van der Waals surface area contributed by atoms with Gasteiger partial charge in [-0.3, -0.25) is 4.79 Å². The van der Waals surface area contributed by atoms with Crippen LogP contribution in [-0.2, 0) is 4.74 Å². The third-order valence-electron chi connectivity index (χ3n) is 3.76. The fourth-order valence-corrected chi connectivity index (χ4v) is 2.91. The maximum atomic E-state index is 12.4. The Balaban J connectivity index is 1.76. The van der Waals surface area contributed by atoms with Gasteiger partial charge in [-0.1, -0.05) is 0 Å². The number of likely N-dealkylation sites (tertiary alicyclic amines) is 1. The van der Waals surface area contributed by atoms with E-state index in [2.05, 4.69) is 9.97 Å². The molecule has 0 bridgehead atoms. The van der Waals surface area contributed by atoms with Crippen molar-refractivity contribution >= 4 is 5.91 Å². The first kappa shape index (κ1) is 11.6. The Morgan fingerprint density at radius 3 is 2.83 bits per heavy atom. The molecule has 2 fully saturated rings. The van der Waals surface area contributed by atoms with E-state index < -0.39 is 0 Å². The van der Waals surface area contributed by atoms with Gasteiger partial charge in [0.05, 0.1) is 17.7 Å². The van der Waals surface area contributed by atoms with Crippen LogP contribution in [0.5, 0.6) is 0 Å². The van der Waals surface area contributed by atoms with Gasteiger partial charge in [0, 0.05) is 25.5 Å². The lowest BCUT2D eigenvalue weighted by molar-refractivity contribution is 0.0340. The van der Waals surface area contributed by atoms with Gasteiger partial charge in [-0.15, -0.1) is 0 Å². The summed E-state index contributed by atoms with van der Waals surface area (Å²) in [5.41, 5.74) is 0.572. The molecule has 5 nitrogen and oxygen atoms in total. The maximum Gasteiger partial charge on any atom is 0.257 e. The molecular weight excluding hydrogens is 230 g/mol. The van der Waals surface area contributed by atoms with Crippen molar-refractivity contribution in [2.45, 2.75) is 37.8 Å². The van der Waals surface area contributed by atoms with Gasteiger partial charge >= 0.3 is 0 Å². The quantitative estimate of drug-likeness (QED) is 0.789. The molecule has 2 aliphatic heterocycles. The average molecular weight is 247 g/mol.